The zero-order chi connectivity index (χ0) is 17.4. The summed E-state index contributed by atoms with van der Waals surface area (Å²) < 4.78 is 11.1. The highest BCUT2D eigenvalue weighted by Crippen LogP contribution is 2.18. The number of benzene rings is 1. The second-order valence-corrected chi connectivity index (χ2v) is 5.99. The smallest absolute Gasteiger partial charge is 0.317 e. The number of para-hydroxylation sites is 1. The Bertz CT molecular complexity index is 562. The normalized spacial score (nSPS) is 19.0. The summed E-state index contributed by atoms with van der Waals surface area (Å²) in [7, 11) is 3.48. The van der Waals surface area contributed by atoms with Crippen LogP contribution in [-0.4, -0.2) is 80.5 Å². The molecule has 0 aromatic heterocycles. The molecule has 1 aliphatic heterocycles. The molecule has 1 atom stereocenters. The van der Waals surface area contributed by atoms with Crippen LogP contribution in [0.5, 0.6) is 5.75 Å². The zero-order valence-corrected chi connectivity index (χ0v) is 14.4. The van der Waals surface area contributed by atoms with Crippen molar-refractivity contribution in [3.05, 3.63) is 35.9 Å². The maximum atomic E-state index is 10.7. The number of rotatable bonds is 8. The van der Waals surface area contributed by atoms with E-state index in [0.717, 1.165) is 30.9 Å². The molecule has 0 bridgehead atoms. The molecule has 2 rings (SSSR count). The molecule has 0 aliphatic carbocycles. The Morgan fingerprint density at radius 3 is 3.04 bits per heavy atom. The molecule has 24 heavy (non-hydrogen) atoms. The summed E-state index contributed by atoms with van der Waals surface area (Å²) in [6.45, 7) is 3.86. The average molecular weight is 334 g/mol. The molecule has 1 unspecified atom stereocenters. The van der Waals surface area contributed by atoms with Gasteiger partial charge >= 0.3 is 5.97 Å². The molecule has 1 N–H and O–H groups in total. The monoisotopic (exact) mass is 334 g/mol. The van der Waals surface area contributed by atoms with E-state index in [1.807, 2.05) is 24.3 Å². The number of methoxy groups -OCH3 is 1. The number of carboxylic acids is 1. The minimum Gasteiger partial charge on any atom is -0.496 e. The number of carbonyl (C=O) groups is 1. The standard InChI is InChI=1S/C18H26N2O4/c1-19(14-18(21)22)12-16-13-20(10-11-24-16)9-5-7-15-6-3-4-8-17(15)23-2/h3-8,16H,9-14H2,1-2H3,(H,21,22)/b7-5+. The minimum atomic E-state index is -0.815. The van der Waals surface area contributed by atoms with Crippen molar-refractivity contribution in [2.45, 2.75) is 6.10 Å². The highest BCUT2D eigenvalue weighted by Gasteiger charge is 2.21. The van der Waals surface area contributed by atoms with Gasteiger partial charge in [-0.3, -0.25) is 14.6 Å². The maximum Gasteiger partial charge on any atom is 0.317 e. The largest absolute Gasteiger partial charge is 0.496 e. The van der Waals surface area contributed by atoms with Crippen molar-refractivity contribution in [1.82, 2.24) is 9.80 Å². The topological polar surface area (TPSA) is 62.2 Å². The van der Waals surface area contributed by atoms with Crippen LogP contribution in [0.3, 0.4) is 0 Å². The molecule has 0 saturated carbocycles. The number of nitrogens with zero attached hydrogens (tertiary/aromatic N) is 2. The lowest BCUT2D eigenvalue weighted by molar-refractivity contribution is -0.138. The molecule has 0 radical (unpaired) electrons. The highest BCUT2D eigenvalue weighted by atomic mass is 16.5. The van der Waals surface area contributed by atoms with Crippen LogP contribution in [0.2, 0.25) is 0 Å². The van der Waals surface area contributed by atoms with E-state index in [2.05, 4.69) is 17.1 Å². The number of hydrogen-bond donors (Lipinski definition) is 1. The minimum absolute atomic E-state index is 0.0353. The molecule has 1 aromatic carbocycles. The molecule has 0 amide bonds. The second-order valence-electron chi connectivity index (χ2n) is 5.99. The van der Waals surface area contributed by atoms with Crippen LogP contribution < -0.4 is 4.74 Å². The first-order valence-corrected chi connectivity index (χ1v) is 8.12. The fourth-order valence-corrected chi connectivity index (χ4v) is 2.83. The van der Waals surface area contributed by atoms with Crippen molar-refractivity contribution in [2.75, 3.05) is 53.5 Å². The highest BCUT2D eigenvalue weighted by molar-refractivity contribution is 5.69. The van der Waals surface area contributed by atoms with E-state index in [1.165, 1.54) is 0 Å². The van der Waals surface area contributed by atoms with Crippen molar-refractivity contribution < 1.29 is 19.4 Å². The van der Waals surface area contributed by atoms with Gasteiger partial charge in [-0.25, -0.2) is 0 Å². The zero-order valence-electron chi connectivity index (χ0n) is 14.4. The molecule has 132 valence electrons. The number of carboxylic acid groups (broad SMARTS) is 1. The fourth-order valence-electron chi connectivity index (χ4n) is 2.83. The van der Waals surface area contributed by atoms with E-state index in [4.69, 9.17) is 14.6 Å². The van der Waals surface area contributed by atoms with Gasteiger partial charge in [0.1, 0.15) is 5.75 Å². The summed E-state index contributed by atoms with van der Waals surface area (Å²) in [6.07, 6.45) is 4.24. The molecular weight excluding hydrogens is 308 g/mol. The van der Waals surface area contributed by atoms with Gasteiger partial charge < -0.3 is 14.6 Å². The quantitative estimate of drug-likeness (QED) is 0.776. The summed E-state index contributed by atoms with van der Waals surface area (Å²) in [6, 6.07) is 7.92. The lowest BCUT2D eigenvalue weighted by Gasteiger charge is -2.34. The Morgan fingerprint density at radius 1 is 1.50 bits per heavy atom. The lowest BCUT2D eigenvalue weighted by Crippen LogP contribution is -2.47. The Hall–Kier alpha value is -1.89. The maximum absolute atomic E-state index is 10.7. The van der Waals surface area contributed by atoms with Crippen LogP contribution in [0, 0.1) is 0 Å². The SMILES string of the molecule is COc1ccccc1/C=C/CN1CCOC(CN(C)CC(=O)O)C1. The van der Waals surface area contributed by atoms with Gasteiger partial charge in [0.05, 0.1) is 26.4 Å². The molecule has 1 aliphatic rings. The summed E-state index contributed by atoms with van der Waals surface area (Å²) in [4.78, 5) is 14.8. The molecule has 1 aromatic rings. The van der Waals surface area contributed by atoms with Gasteiger partial charge in [-0.15, -0.1) is 0 Å². The van der Waals surface area contributed by atoms with Gasteiger partial charge in [0, 0.05) is 31.7 Å². The molecule has 6 nitrogen and oxygen atoms in total. The van der Waals surface area contributed by atoms with Gasteiger partial charge in [0.15, 0.2) is 0 Å². The molecule has 1 saturated heterocycles. The Labute approximate surface area is 143 Å². The first-order chi connectivity index (χ1) is 11.6. The number of aliphatic carboxylic acids is 1. The second kappa shape index (κ2) is 9.42. The van der Waals surface area contributed by atoms with Crippen LogP contribution in [0.1, 0.15) is 5.56 Å². The summed E-state index contributed by atoms with van der Waals surface area (Å²) in [5.74, 6) is 0.0498. The fraction of sp³-hybridized carbons (Fsp3) is 0.500. The summed E-state index contributed by atoms with van der Waals surface area (Å²) in [5, 5.41) is 8.82. The van der Waals surface area contributed by atoms with E-state index in [-0.39, 0.29) is 12.6 Å². The molecule has 6 heteroatoms. The van der Waals surface area contributed by atoms with E-state index in [1.54, 1.807) is 19.1 Å². The van der Waals surface area contributed by atoms with Crippen LogP contribution in [0.25, 0.3) is 6.08 Å². The Balaban J connectivity index is 1.82. The van der Waals surface area contributed by atoms with Crippen LogP contribution >= 0.6 is 0 Å². The number of ether oxygens (including phenoxy) is 2. The van der Waals surface area contributed by atoms with Gasteiger partial charge in [-0.2, -0.15) is 0 Å². The molecule has 1 heterocycles. The molecule has 0 spiro atoms. The van der Waals surface area contributed by atoms with Gasteiger partial charge in [0.25, 0.3) is 0 Å². The van der Waals surface area contributed by atoms with Crippen molar-refractivity contribution in [1.29, 1.82) is 0 Å². The average Bonchev–Trinajstić information content (AvgIpc) is 2.55. The van der Waals surface area contributed by atoms with Crippen LogP contribution in [0.15, 0.2) is 30.3 Å². The van der Waals surface area contributed by atoms with Crippen LogP contribution in [-0.2, 0) is 9.53 Å². The van der Waals surface area contributed by atoms with Gasteiger partial charge in [0.2, 0.25) is 0 Å². The third-order valence-electron chi connectivity index (χ3n) is 3.94. The Morgan fingerprint density at radius 2 is 2.29 bits per heavy atom. The lowest BCUT2D eigenvalue weighted by atomic mass is 10.2. The summed E-state index contributed by atoms with van der Waals surface area (Å²) in [5.41, 5.74) is 1.06. The predicted octanol–water partition coefficient (Wildman–Crippen LogP) is 1.43. The van der Waals surface area contributed by atoms with E-state index >= 15 is 0 Å². The number of hydrogen-bond acceptors (Lipinski definition) is 5. The third-order valence-corrected chi connectivity index (χ3v) is 3.94. The van der Waals surface area contributed by atoms with Gasteiger partial charge in [-0.05, 0) is 13.1 Å². The van der Waals surface area contributed by atoms with E-state index in [0.29, 0.717) is 13.2 Å². The van der Waals surface area contributed by atoms with E-state index < -0.39 is 5.97 Å². The predicted molar refractivity (Wildman–Crippen MR) is 93.3 cm³/mol. The molecular formula is C18H26N2O4. The van der Waals surface area contributed by atoms with Crippen molar-refractivity contribution in [3.8, 4) is 5.75 Å². The van der Waals surface area contributed by atoms with Gasteiger partial charge in [-0.1, -0.05) is 30.4 Å². The molecule has 1 fully saturated rings. The number of likely N-dealkylation sites (N-methyl/N-ethyl adjacent to an activating group) is 1. The first-order valence-electron chi connectivity index (χ1n) is 8.12. The third kappa shape index (κ3) is 5.96. The van der Waals surface area contributed by atoms with Crippen molar-refractivity contribution in [2.24, 2.45) is 0 Å². The first kappa shape index (κ1) is 18.4. The van der Waals surface area contributed by atoms with Crippen molar-refractivity contribution >= 4 is 12.0 Å². The van der Waals surface area contributed by atoms with Crippen LogP contribution in [0.4, 0.5) is 0 Å². The van der Waals surface area contributed by atoms with E-state index in [9.17, 15) is 4.79 Å². The number of morpholine rings is 1. The Kier molecular flexibility index (Phi) is 7.24. The van der Waals surface area contributed by atoms with Crippen molar-refractivity contribution in [3.63, 3.8) is 0 Å². The summed E-state index contributed by atoms with van der Waals surface area (Å²) >= 11 is 0.